The molecule has 2 aromatic carbocycles. The molecule has 0 unspecified atom stereocenters. The van der Waals surface area contributed by atoms with Crippen molar-refractivity contribution in [2.75, 3.05) is 13.7 Å². The molecule has 0 saturated carbocycles. The fourth-order valence-electron chi connectivity index (χ4n) is 3.57. The Kier molecular flexibility index (Phi) is 7.45. The lowest BCUT2D eigenvalue weighted by Gasteiger charge is -2.12. The molecule has 35 heavy (non-hydrogen) atoms. The standard InChI is InChI=1S/C26H25F2N3O4/c1-17-3-10-24-30-20(15-31(24)14-17)16-34-21-7-5-19(6-8-21)25(32)29-12-11-18-4-9-22(35-26(27)28)23(13-18)33-2/h3-10,13-15,26H,11-12,16H2,1-2H3,(H,29,32). The van der Waals surface area contributed by atoms with E-state index in [1.807, 2.05) is 35.9 Å². The summed E-state index contributed by atoms with van der Waals surface area (Å²) < 4.78 is 42.2. The van der Waals surface area contributed by atoms with E-state index in [-0.39, 0.29) is 17.4 Å². The lowest BCUT2D eigenvalue weighted by Crippen LogP contribution is -2.25. The lowest BCUT2D eigenvalue weighted by molar-refractivity contribution is -0.0512. The van der Waals surface area contributed by atoms with Crippen LogP contribution in [0.2, 0.25) is 0 Å². The van der Waals surface area contributed by atoms with Crippen LogP contribution in [0.4, 0.5) is 8.78 Å². The van der Waals surface area contributed by atoms with Crippen molar-refractivity contribution < 1.29 is 27.8 Å². The van der Waals surface area contributed by atoms with Gasteiger partial charge in [0.2, 0.25) is 0 Å². The maximum absolute atomic E-state index is 12.5. The first kappa shape index (κ1) is 24.0. The number of benzene rings is 2. The molecule has 2 heterocycles. The molecule has 1 amide bonds. The molecule has 7 nitrogen and oxygen atoms in total. The Labute approximate surface area is 201 Å². The Morgan fingerprint density at radius 1 is 1.06 bits per heavy atom. The van der Waals surface area contributed by atoms with Crippen LogP contribution < -0.4 is 19.5 Å². The van der Waals surface area contributed by atoms with Gasteiger partial charge in [-0.1, -0.05) is 12.1 Å². The molecule has 1 N–H and O–H groups in total. The Morgan fingerprint density at radius 3 is 2.60 bits per heavy atom. The molecule has 4 rings (SSSR count). The quantitative estimate of drug-likeness (QED) is 0.352. The fourth-order valence-corrected chi connectivity index (χ4v) is 3.57. The number of carbonyl (C=O) groups is 1. The van der Waals surface area contributed by atoms with Gasteiger partial charge in [0, 0.05) is 24.5 Å². The summed E-state index contributed by atoms with van der Waals surface area (Å²) >= 11 is 0. The van der Waals surface area contributed by atoms with Gasteiger partial charge >= 0.3 is 6.61 Å². The molecule has 0 atom stereocenters. The highest BCUT2D eigenvalue weighted by atomic mass is 19.3. The van der Waals surface area contributed by atoms with Crippen LogP contribution in [0.25, 0.3) is 5.65 Å². The molecule has 0 aliphatic heterocycles. The number of hydrogen-bond acceptors (Lipinski definition) is 5. The zero-order valence-corrected chi connectivity index (χ0v) is 19.3. The van der Waals surface area contributed by atoms with E-state index in [9.17, 15) is 13.6 Å². The number of hydrogen-bond donors (Lipinski definition) is 1. The number of rotatable bonds is 10. The van der Waals surface area contributed by atoms with E-state index in [0.29, 0.717) is 30.9 Å². The van der Waals surface area contributed by atoms with E-state index >= 15 is 0 Å². The summed E-state index contributed by atoms with van der Waals surface area (Å²) in [7, 11) is 1.38. The minimum absolute atomic E-state index is 0.0334. The monoisotopic (exact) mass is 481 g/mol. The summed E-state index contributed by atoms with van der Waals surface area (Å²) in [5.74, 6) is 0.585. The molecule has 0 bridgehead atoms. The SMILES string of the molecule is COc1cc(CCNC(=O)c2ccc(OCc3cn4cc(C)ccc4n3)cc2)ccc1OC(F)F. The number of carbonyl (C=O) groups excluding carboxylic acids is 1. The van der Waals surface area contributed by atoms with Crippen LogP contribution in [-0.4, -0.2) is 35.6 Å². The predicted octanol–water partition coefficient (Wildman–Crippen LogP) is 4.80. The van der Waals surface area contributed by atoms with Crippen molar-refractivity contribution in [3.05, 3.63) is 89.4 Å². The first-order valence-corrected chi connectivity index (χ1v) is 11.0. The van der Waals surface area contributed by atoms with Crippen molar-refractivity contribution in [3.8, 4) is 17.2 Å². The average molecular weight is 481 g/mol. The van der Waals surface area contributed by atoms with Crippen LogP contribution in [-0.2, 0) is 13.0 Å². The van der Waals surface area contributed by atoms with Gasteiger partial charge in [-0.2, -0.15) is 8.78 Å². The zero-order valence-electron chi connectivity index (χ0n) is 19.3. The highest BCUT2D eigenvalue weighted by Crippen LogP contribution is 2.29. The highest BCUT2D eigenvalue weighted by Gasteiger charge is 2.12. The van der Waals surface area contributed by atoms with E-state index < -0.39 is 6.61 Å². The minimum atomic E-state index is -2.93. The topological polar surface area (TPSA) is 74.1 Å². The fraction of sp³-hybridized carbons (Fsp3) is 0.231. The lowest BCUT2D eigenvalue weighted by atomic mass is 10.1. The average Bonchev–Trinajstić information content (AvgIpc) is 3.25. The van der Waals surface area contributed by atoms with Gasteiger partial charge in [0.25, 0.3) is 5.91 Å². The molecular formula is C26H25F2N3O4. The molecule has 0 spiro atoms. The van der Waals surface area contributed by atoms with Gasteiger partial charge in [-0.25, -0.2) is 4.98 Å². The van der Waals surface area contributed by atoms with Gasteiger partial charge in [-0.3, -0.25) is 4.79 Å². The normalized spacial score (nSPS) is 11.0. The van der Waals surface area contributed by atoms with E-state index in [4.69, 9.17) is 9.47 Å². The van der Waals surface area contributed by atoms with Gasteiger partial charge in [0.1, 0.15) is 18.0 Å². The molecule has 4 aromatic rings. The van der Waals surface area contributed by atoms with Crippen LogP contribution >= 0.6 is 0 Å². The number of aryl methyl sites for hydroxylation is 1. The van der Waals surface area contributed by atoms with Crippen molar-refractivity contribution in [1.29, 1.82) is 0 Å². The maximum Gasteiger partial charge on any atom is 0.387 e. The summed E-state index contributed by atoms with van der Waals surface area (Å²) in [5.41, 5.74) is 4.13. The van der Waals surface area contributed by atoms with Crippen LogP contribution in [0, 0.1) is 6.92 Å². The summed E-state index contributed by atoms with van der Waals surface area (Å²) in [6, 6.07) is 15.5. The number of imidazole rings is 1. The first-order valence-electron chi connectivity index (χ1n) is 11.0. The Hall–Kier alpha value is -4.14. The third-order valence-electron chi connectivity index (χ3n) is 5.30. The van der Waals surface area contributed by atoms with Crippen molar-refractivity contribution in [1.82, 2.24) is 14.7 Å². The molecule has 0 aliphatic carbocycles. The van der Waals surface area contributed by atoms with Crippen molar-refractivity contribution in [2.45, 2.75) is 26.6 Å². The van der Waals surface area contributed by atoms with E-state index in [1.54, 1.807) is 36.4 Å². The second-order valence-corrected chi connectivity index (χ2v) is 7.89. The van der Waals surface area contributed by atoms with E-state index in [1.165, 1.54) is 13.2 Å². The summed E-state index contributed by atoms with van der Waals surface area (Å²) in [4.78, 5) is 17.0. The van der Waals surface area contributed by atoms with Gasteiger partial charge in [0.15, 0.2) is 11.5 Å². The number of fused-ring (bicyclic) bond motifs is 1. The molecule has 182 valence electrons. The summed E-state index contributed by atoms with van der Waals surface area (Å²) in [5, 5.41) is 2.84. The van der Waals surface area contributed by atoms with Crippen LogP contribution in [0.15, 0.2) is 67.0 Å². The Balaban J connectivity index is 1.27. The number of methoxy groups -OCH3 is 1. The third-order valence-corrected chi connectivity index (χ3v) is 5.30. The molecule has 0 radical (unpaired) electrons. The van der Waals surface area contributed by atoms with Crippen LogP contribution in [0.5, 0.6) is 17.2 Å². The number of amides is 1. The second kappa shape index (κ2) is 10.9. The molecular weight excluding hydrogens is 456 g/mol. The number of halogens is 2. The van der Waals surface area contributed by atoms with Gasteiger partial charge in [-0.15, -0.1) is 0 Å². The van der Waals surface area contributed by atoms with Crippen molar-refractivity contribution in [3.63, 3.8) is 0 Å². The second-order valence-electron chi connectivity index (χ2n) is 7.89. The first-order chi connectivity index (χ1) is 16.9. The molecule has 0 saturated heterocycles. The molecule has 0 fully saturated rings. The highest BCUT2D eigenvalue weighted by molar-refractivity contribution is 5.94. The third kappa shape index (κ3) is 6.26. The van der Waals surface area contributed by atoms with Gasteiger partial charge < -0.3 is 23.9 Å². The van der Waals surface area contributed by atoms with Crippen molar-refractivity contribution >= 4 is 11.6 Å². The van der Waals surface area contributed by atoms with E-state index in [2.05, 4.69) is 15.0 Å². The number of ether oxygens (including phenoxy) is 3. The number of alkyl halides is 2. The van der Waals surface area contributed by atoms with Gasteiger partial charge in [0.05, 0.1) is 12.8 Å². The smallest absolute Gasteiger partial charge is 0.387 e. The summed E-state index contributed by atoms with van der Waals surface area (Å²) in [6.07, 6.45) is 4.43. The Morgan fingerprint density at radius 2 is 1.86 bits per heavy atom. The van der Waals surface area contributed by atoms with Crippen LogP contribution in [0.3, 0.4) is 0 Å². The van der Waals surface area contributed by atoms with Crippen molar-refractivity contribution in [2.24, 2.45) is 0 Å². The maximum atomic E-state index is 12.5. The zero-order chi connectivity index (χ0) is 24.8. The van der Waals surface area contributed by atoms with E-state index in [0.717, 1.165) is 22.5 Å². The molecule has 0 aliphatic rings. The van der Waals surface area contributed by atoms with Gasteiger partial charge in [-0.05, 0) is 66.9 Å². The Bertz CT molecular complexity index is 1310. The van der Waals surface area contributed by atoms with Crippen LogP contribution in [0.1, 0.15) is 27.2 Å². The largest absolute Gasteiger partial charge is 0.493 e. The number of aromatic nitrogens is 2. The molecule has 2 aromatic heterocycles. The number of nitrogens with one attached hydrogen (secondary N) is 1. The number of pyridine rings is 1. The molecule has 9 heteroatoms. The predicted molar refractivity (Wildman–Crippen MR) is 126 cm³/mol. The summed E-state index contributed by atoms with van der Waals surface area (Å²) in [6.45, 7) is -0.226. The number of nitrogens with zero attached hydrogens (tertiary/aromatic N) is 2. The minimum Gasteiger partial charge on any atom is -0.493 e.